The molecule has 0 spiro atoms. The van der Waals surface area contributed by atoms with Gasteiger partial charge in [-0.2, -0.15) is 10.1 Å². The molecule has 0 amide bonds. The first-order valence-corrected chi connectivity index (χ1v) is 11.2. The lowest BCUT2D eigenvalue weighted by Gasteiger charge is -2.39. The van der Waals surface area contributed by atoms with E-state index in [1.54, 1.807) is 23.9 Å². The quantitative estimate of drug-likeness (QED) is 0.385. The van der Waals surface area contributed by atoms with Crippen LogP contribution in [-0.4, -0.2) is 21.9 Å². The molecule has 2 atom stereocenters. The van der Waals surface area contributed by atoms with Crippen LogP contribution in [0.3, 0.4) is 0 Å². The van der Waals surface area contributed by atoms with Crippen molar-refractivity contribution in [3.63, 3.8) is 0 Å². The Balaban J connectivity index is 1.67. The molecule has 3 aromatic carbocycles. The van der Waals surface area contributed by atoms with Gasteiger partial charge in [0.05, 0.1) is 12.8 Å². The molecule has 0 fully saturated rings. The number of methoxy groups -OCH3 is 1. The number of nitrogens with one attached hydrogen (secondary N) is 1. The van der Waals surface area contributed by atoms with Gasteiger partial charge in [-0.25, -0.2) is 9.07 Å². The predicted octanol–water partition coefficient (Wildman–Crippen LogP) is 5.75. The number of benzene rings is 3. The lowest BCUT2D eigenvalue weighted by Crippen LogP contribution is -2.33. The number of anilines is 1. The van der Waals surface area contributed by atoms with Crippen LogP contribution in [0, 0.1) is 5.82 Å². The van der Waals surface area contributed by atoms with E-state index in [1.807, 2.05) is 48.5 Å². The minimum absolute atomic E-state index is 0.323. The van der Waals surface area contributed by atoms with Crippen molar-refractivity contribution in [1.29, 1.82) is 0 Å². The first kappa shape index (κ1) is 20.0. The van der Waals surface area contributed by atoms with Crippen LogP contribution in [0.1, 0.15) is 28.8 Å². The molecule has 0 saturated carbocycles. The molecular weight excluding hydrogens is 487 g/mol. The number of nitrogens with zero attached hydrogens (tertiary/aromatic N) is 3. The van der Waals surface area contributed by atoms with E-state index in [1.165, 1.54) is 12.4 Å². The summed E-state index contributed by atoms with van der Waals surface area (Å²) in [5, 5.41) is 7.86. The first-order valence-electron chi connectivity index (χ1n) is 10.4. The monoisotopic (exact) mass is 504 g/mol. The molecule has 1 aromatic heterocycles. The number of rotatable bonds is 3. The van der Waals surface area contributed by atoms with E-state index in [2.05, 4.69) is 31.3 Å². The lowest BCUT2D eigenvalue weighted by atomic mass is 9.84. The fourth-order valence-electron chi connectivity index (χ4n) is 4.58. The summed E-state index contributed by atoms with van der Waals surface area (Å²) in [5.41, 5.74) is 3.85. The van der Waals surface area contributed by atoms with Crippen LogP contribution in [0.2, 0.25) is 0 Å². The summed E-state index contributed by atoms with van der Waals surface area (Å²) >= 11 is 3.57. The third kappa shape index (κ3) is 3.13. The molecule has 2 aliphatic rings. The van der Waals surface area contributed by atoms with Gasteiger partial charge in [-0.05, 0) is 36.4 Å². The normalized spacial score (nSPS) is 18.5. The highest BCUT2D eigenvalue weighted by Crippen LogP contribution is 2.52. The molecule has 3 heterocycles. The van der Waals surface area contributed by atoms with Gasteiger partial charge in [0, 0.05) is 26.7 Å². The lowest BCUT2D eigenvalue weighted by molar-refractivity contribution is 0.217. The SMILES string of the molecule is COc1ccc(Br)cc1C1Oc2ccccc2C2=C1C(c1ccccc1F)n1ncnc1N2. The highest BCUT2D eigenvalue weighted by Gasteiger charge is 2.42. The zero-order chi connectivity index (χ0) is 22.5. The van der Waals surface area contributed by atoms with Crippen molar-refractivity contribution in [3.05, 3.63) is 106 Å². The Labute approximate surface area is 197 Å². The Morgan fingerprint density at radius 1 is 1.06 bits per heavy atom. The van der Waals surface area contributed by atoms with Crippen LogP contribution in [0.5, 0.6) is 11.5 Å². The summed E-state index contributed by atoms with van der Waals surface area (Å²) in [4.78, 5) is 4.38. The van der Waals surface area contributed by atoms with Gasteiger partial charge in [-0.3, -0.25) is 0 Å². The van der Waals surface area contributed by atoms with Crippen LogP contribution in [0.4, 0.5) is 10.3 Å². The number of ether oxygens (including phenoxy) is 2. The van der Waals surface area contributed by atoms with E-state index in [0.717, 1.165) is 32.6 Å². The number of hydrogen-bond donors (Lipinski definition) is 1. The highest BCUT2D eigenvalue weighted by atomic mass is 79.9. The molecule has 33 heavy (non-hydrogen) atoms. The van der Waals surface area contributed by atoms with Crippen molar-refractivity contribution in [2.24, 2.45) is 0 Å². The number of fused-ring (bicyclic) bond motifs is 3. The van der Waals surface area contributed by atoms with Crippen molar-refractivity contribution in [2.75, 3.05) is 12.4 Å². The third-order valence-corrected chi connectivity index (χ3v) is 6.49. The molecular formula is C25H18BrFN4O2. The molecule has 164 valence electrons. The summed E-state index contributed by atoms with van der Waals surface area (Å²) in [7, 11) is 1.63. The van der Waals surface area contributed by atoms with E-state index in [-0.39, 0.29) is 5.82 Å². The minimum Gasteiger partial charge on any atom is -0.496 e. The first-order chi connectivity index (χ1) is 16.2. The van der Waals surface area contributed by atoms with E-state index < -0.39 is 12.1 Å². The molecule has 2 aliphatic heterocycles. The molecule has 0 radical (unpaired) electrons. The summed E-state index contributed by atoms with van der Waals surface area (Å²) in [6, 6.07) is 19.7. The van der Waals surface area contributed by atoms with Crippen LogP contribution >= 0.6 is 15.9 Å². The summed E-state index contributed by atoms with van der Waals surface area (Å²) < 4.78 is 30.0. The zero-order valence-corrected chi connectivity index (χ0v) is 19.1. The van der Waals surface area contributed by atoms with E-state index >= 15 is 4.39 Å². The van der Waals surface area contributed by atoms with E-state index in [0.29, 0.717) is 17.3 Å². The van der Waals surface area contributed by atoms with Crippen molar-refractivity contribution in [1.82, 2.24) is 14.8 Å². The Bertz CT molecular complexity index is 1420. The maximum absolute atomic E-state index is 15.2. The van der Waals surface area contributed by atoms with Crippen LogP contribution < -0.4 is 14.8 Å². The summed E-state index contributed by atoms with van der Waals surface area (Å²) in [6.07, 6.45) is 0.910. The Morgan fingerprint density at radius 2 is 1.88 bits per heavy atom. The molecule has 0 bridgehead atoms. The average molecular weight is 505 g/mol. The van der Waals surface area contributed by atoms with Crippen molar-refractivity contribution in [3.8, 4) is 11.5 Å². The fraction of sp³-hybridized carbons (Fsp3) is 0.120. The zero-order valence-electron chi connectivity index (χ0n) is 17.5. The van der Waals surface area contributed by atoms with Crippen LogP contribution in [0.15, 0.2) is 83.1 Å². The number of halogens is 2. The second-order valence-electron chi connectivity index (χ2n) is 7.79. The van der Waals surface area contributed by atoms with Crippen LogP contribution in [-0.2, 0) is 0 Å². The molecule has 4 aromatic rings. The highest BCUT2D eigenvalue weighted by molar-refractivity contribution is 9.10. The summed E-state index contributed by atoms with van der Waals surface area (Å²) in [5.74, 6) is 1.61. The molecule has 6 rings (SSSR count). The van der Waals surface area contributed by atoms with Gasteiger partial charge >= 0.3 is 0 Å². The van der Waals surface area contributed by atoms with Crippen molar-refractivity contribution in [2.45, 2.75) is 12.1 Å². The van der Waals surface area contributed by atoms with Crippen LogP contribution in [0.25, 0.3) is 5.70 Å². The molecule has 2 unspecified atom stereocenters. The smallest absolute Gasteiger partial charge is 0.226 e. The molecule has 6 nitrogen and oxygen atoms in total. The standard InChI is InChI=1S/C25H18BrFN4O2/c1-32-19-11-10-14(26)12-17(19)24-21-22(16-7-3-5-9-20(16)33-24)30-25-28-13-29-31(25)23(21)15-6-2-4-8-18(15)27/h2-13,23-24H,1H3,(H,28,29,30). The number of para-hydroxylation sites is 1. The third-order valence-electron chi connectivity index (χ3n) is 6.00. The van der Waals surface area contributed by atoms with Crippen molar-refractivity contribution < 1.29 is 13.9 Å². The second-order valence-corrected chi connectivity index (χ2v) is 8.70. The summed E-state index contributed by atoms with van der Waals surface area (Å²) in [6.45, 7) is 0. The van der Waals surface area contributed by atoms with Gasteiger partial charge in [0.2, 0.25) is 5.95 Å². The van der Waals surface area contributed by atoms with Gasteiger partial charge < -0.3 is 14.8 Å². The largest absolute Gasteiger partial charge is 0.496 e. The van der Waals surface area contributed by atoms with Gasteiger partial charge in [0.15, 0.2) is 6.10 Å². The number of hydrogen-bond acceptors (Lipinski definition) is 5. The van der Waals surface area contributed by atoms with Gasteiger partial charge in [-0.15, -0.1) is 0 Å². The van der Waals surface area contributed by atoms with Gasteiger partial charge in [0.25, 0.3) is 0 Å². The number of aromatic nitrogens is 3. The topological polar surface area (TPSA) is 61.2 Å². The Hall–Kier alpha value is -3.65. The van der Waals surface area contributed by atoms with E-state index in [9.17, 15) is 0 Å². The minimum atomic E-state index is -0.568. The molecule has 0 aliphatic carbocycles. The maximum Gasteiger partial charge on any atom is 0.226 e. The predicted molar refractivity (Wildman–Crippen MR) is 126 cm³/mol. The fourth-order valence-corrected chi connectivity index (χ4v) is 4.96. The molecule has 0 saturated heterocycles. The van der Waals surface area contributed by atoms with E-state index in [4.69, 9.17) is 9.47 Å². The Morgan fingerprint density at radius 3 is 2.73 bits per heavy atom. The second kappa shape index (κ2) is 7.74. The van der Waals surface area contributed by atoms with Crippen molar-refractivity contribution >= 4 is 27.6 Å². The average Bonchev–Trinajstić information content (AvgIpc) is 3.31. The Kier molecular flexibility index (Phi) is 4.69. The van der Waals surface area contributed by atoms with Gasteiger partial charge in [0.1, 0.15) is 29.7 Å². The molecule has 1 N–H and O–H groups in total. The molecule has 8 heteroatoms. The maximum atomic E-state index is 15.2. The van der Waals surface area contributed by atoms with Gasteiger partial charge in [-0.1, -0.05) is 46.3 Å².